The third kappa shape index (κ3) is 3.87. The summed E-state index contributed by atoms with van der Waals surface area (Å²) in [5.74, 6) is 1.26. The fourth-order valence-corrected chi connectivity index (χ4v) is 2.84. The van der Waals surface area contributed by atoms with Crippen LogP contribution in [0.5, 0.6) is 0 Å². The Morgan fingerprint density at radius 2 is 1.85 bits per heavy atom. The van der Waals surface area contributed by atoms with Crippen molar-refractivity contribution >= 4 is 11.7 Å². The molecular weight excluding hydrogens is 254 g/mol. The Morgan fingerprint density at radius 1 is 1.30 bits per heavy atom. The van der Waals surface area contributed by atoms with Crippen LogP contribution < -0.4 is 11.1 Å². The molecule has 1 aliphatic rings. The molecule has 0 heterocycles. The first-order valence-corrected chi connectivity index (χ1v) is 7.74. The Hall–Kier alpha value is -1.26. The summed E-state index contributed by atoms with van der Waals surface area (Å²) < 4.78 is 0. The zero-order valence-corrected chi connectivity index (χ0v) is 13.0. The lowest BCUT2D eigenvalue weighted by atomic mass is 9.80. The molecule has 20 heavy (non-hydrogen) atoms. The molecule has 0 spiro atoms. The van der Waals surface area contributed by atoms with Crippen molar-refractivity contribution < 1.29 is 10.0 Å². The van der Waals surface area contributed by atoms with E-state index >= 15 is 0 Å². The van der Waals surface area contributed by atoms with Crippen LogP contribution in [0, 0.1) is 17.3 Å². The molecule has 1 unspecified atom stereocenters. The summed E-state index contributed by atoms with van der Waals surface area (Å²) in [6.45, 7) is 6.52. The fourth-order valence-electron chi connectivity index (χ4n) is 2.84. The van der Waals surface area contributed by atoms with Crippen LogP contribution in [0.15, 0.2) is 5.16 Å². The largest absolute Gasteiger partial charge is 0.409 e. The van der Waals surface area contributed by atoms with Gasteiger partial charge in [-0.25, -0.2) is 0 Å². The third-order valence-corrected chi connectivity index (χ3v) is 4.98. The van der Waals surface area contributed by atoms with E-state index in [2.05, 4.69) is 17.4 Å². The van der Waals surface area contributed by atoms with Gasteiger partial charge < -0.3 is 16.3 Å². The molecule has 1 aliphatic carbocycles. The standard InChI is InChI=1S/C15H29N3O2/c1-4-11-6-8-12(9-7-11)10-17-14(19)15(3,5-2)13(16)18-20/h11-12,20H,4-10H2,1-3H3,(H2,16,18)(H,17,19). The van der Waals surface area contributed by atoms with Gasteiger partial charge in [0.15, 0.2) is 5.84 Å². The first kappa shape index (κ1) is 16.8. The molecule has 0 aromatic carbocycles. The highest BCUT2D eigenvalue weighted by Gasteiger charge is 2.36. The Bertz CT molecular complexity index is 349. The van der Waals surface area contributed by atoms with Gasteiger partial charge in [-0.1, -0.05) is 38.3 Å². The van der Waals surface area contributed by atoms with E-state index in [0.29, 0.717) is 18.9 Å². The normalized spacial score (nSPS) is 26.9. The molecule has 5 heteroatoms. The van der Waals surface area contributed by atoms with Gasteiger partial charge in [-0.05, 0) is 38.0 Å². The number of amidine groups is 1. The number of carbonyl (C=O) groups is 1. The van der Waals surface area contributed by atoms with Crippen molar-refractivity contribution in [1.82, 2.24) is 5.32 Å². The topological polar surface area (TPSA) is 87.7 Å². The van der Waals surface area contributed by atoms with Crippen molar-refractivity contribution in [2.45, 2.75) is 59.3 Å². The summed E-state index contributed by atoms with van der Waals surface area (Å²) in [4.78, 5) is 12.3. The van der Waals surface area contributed by atoms with Crippen LogP contribution in [0.25, 0.3) is 0 Å². The van der Waals surface area contributed by atoms with Gasteiger partial charge in [0.05, 0.1) is 0 Å². The van der Waals surface area contributed by atoms with Gasteiger partial charge in [0.2, 0.25) is 5.91 Å². The molecule has 5 nitrogen and oxygen atoms in total. The molecule has 0 aliphatic heterocycles. The maximum Gasteiger partial charge on any atom is 0.233 e. The molecule has 0 aromatic heterocycles. The molecule has 1 saturated carbocycles. The third-order valence-electron chi connectivity index (χ3n) is 4.98. The van der Waals surface area contributed by atoms with E-state index in [1.165, 1.54) is 32.1 Å². The molecule has 0 bridgehead atoms. The van der Waals surface area contributed by atoms with E-state index in [1.54, 1.807) is 6.92 Å². The lowest BCUT2D eigenvalue weighted by Gasteiger charge is -2.30. The van der Waals surface area contributed by atoms with Crippen LogP contribution in [0.1, 0.15) is 59.3 Å². The molecule has 0 radical (unpaired) electrons. The molecule has 1 fully saturated rings. The first-order valence-electron chi connectivity index (χ1n) is 7.74. The molecule has 0 saturated heterocycles. The lowest BCUT2D eigenvalue weighted by Crippen LogP contribution is -2.48. The van der Waals surface area contributed by atoms with Gasteiger partial charge in [0, 0.05) is 6.54 Å². The van der Waals surface area contributed by atoms with Crippen molar-refractivity contribution in [2.24, 2.45) is 28.1 Å². The summed E-state index contributed by atoms with van der Waals surface area (Å²) in [6.07, 6.45) is 6.68. The summed E-state index contributed by atoms with van der Waals surface area (Å²) >= 11 is 0. The Balaban J connectivity index is 2.47. The van der Waals surface area contributed by atoms with Crippen LogP contribution in [0.4, 0.5) is 0 Å². The number of nitrogens with one attached hydrogen (secondary N) is 1. The van der Waals surface area contributed by atoms with Gasteiger partial charge in [-0.2, -0.15) is 0 Å². The molecule has 116 valence electrons. The monoisotopic (exact) mass is 283 g/mol. The van der Waals surface area contributed by atoms with Gasteiger partial charge in [-0.3, -0.25) is 4.79 Å². The Labute approximate surface area is 122 Å². The van der Waals surface area contributed by atoms with E-state index < -0.39 is 5.41 Å². The predicted octanol–water partition coefficient (Wildman–Crippen LogP) is 2.48. The van der Waals surface area contributed by atoms with Crippen molar-refractivity contribution in [1.29, 1.82) is 0 Å². The van der Waals surface area contributed by atoms with E-state index in [0.717, 1.165) is 5.92 Å². The Kier molecular flexibility index (Phi) is 6.30. The van der Waals surface area contributed by atoms with Crippen LogP contribution in [0.3, 0.4) is 0 Å². The number of hydrogen-bond donors (Lipinski definition) is 3. The summed E-state index contributed by atoms with van der Waals surface area (Å²) in [6, 6.07) is 0. The van der Waals surface area contributed by atoms with Crippen molar-refractivity contribution in [3.8, 4) is 0 Å². The second kappa shape index (κ2) is 7.50. The summed E-state index contributed by atoms with van der Waals surface area (Å²) in [5, 5.41) is 14.8. The van der Waals surface area contributed by atoms with E-state index in [4.69, 9.17) is 10.9 Å². The van der Waals surface area contributed by atoms with Crippen LogP contribution in [0.2, 0.25) is 0 Å². The number of nitrogens with zero attached hydrogens (tertiary/aromatic N) is 1. The molecule has 1 amide bonds. The number of oxime groups is 1. The van der Waals surface area contributed by atoms with Gasteiger partial charge in [0.25, 0.3) is 0 Å². The van der Waals surface area contributed by atoms with Crippen molar-refractivity contribution in [3.63, 3.8) is 0 Å². The van der Waals surface area contributed by atoms with Crippen molar-refractivity contribution in [3.05, 3.63) is 0 Å². The number of nitrogens with two attached hydrogens (primary N) is 1. The lowest BCUT2D eigenvalue weighted by molar-refractivity contribution is -0.127. The number of rotatable bonds is 6. The molecule has 1 rings (SSSR count). The second-order valence-electron chi connectivity index (χ2n) is 6.18. The molecular formula is C15H29N3O2. The predicted molar refractivity (Wildman–Crippen MR) is 80.6 cm³/mol. The molecule has 0 aromatic rings. The minimum atomic E-state index is -0.921. The maximum absolute atomic E-state index is 12.3. The van der Waals surface area contributed by atoms with E-state index in [-0.39, 0.29) is 11.7 Å². The van der Waals surface area contributed by atoms with Crippen LogP contribution >= 0.6 is 0 Å². The number of carbonyl (C=O) groups excluding carboxylic acids is 1. The maximum atomic E-state index is 12.3. The van der Waals surface area contributed by atoms with E-state index in [1.807, 2.05) is 6.92 Å². The SMILES string of the molecule is CCC1CCC(CNC(=O)C(C)(CC)C(N)=NO)CC1. The highest BCUT2D eigenvalue weighted by Crippen LogP contribution is 2.30. The molecule has 4 N–H and O–H groups in total. The Morgan fingerprint density at radius 3 is 2.30 bits per heavy atom. The minimum Gasteiger partial charge on any atom is -0.409 e. The van der Waals surface area contributed by atoms with Gasteiger partial charge in [0.1, 0.15) is 5.41 Å². The zero-order chi connectivity index (χ0) is 15.2. The van der Waals surface area contributed by atoms with Crippen molar-refractivity contribution in [2.75, 3.05) is 6.54 Å². The number of amides is 1. The zero-order valence-electron chi connectivity index (χ0n) is 13.0. The fraction of sp³-hybridized carbons (Fsp3) is 0.867. The summed E-state index contributed by atoms with van der Waals surface area (Å²) in [5.41, 5.74) is 4.73. The minimum absolute atomic E-state index is 0.0211. The first-order chi connectivity index (χ1) is 9.47. The van der Waals surface area contributed by atoms with Gasteiger partial charge in [-0.15, -0.1) is 0 Å². The average Bonchev–Trinajstić information content (AvgIpc) is 2.51. The van der Waals surface area contributed by atoms with Crippen LogP contribution in [-0.4, -0.2) is 23.5 Å². The quantitative estimate of drug-likeness (QED) is 0.303. The van der Waals surface area contributed by atoms with Gasteiger partial charge >= 0.3 is 0 Å². The second-order valence-corrected chi connectivity index (χ2v) is 6.18. The van der Waals surface area contributed by atoms with Crippen LogP contribution in [-0.2, 0) is 4.79 Å². The average molecular weight is 283 g/mol. The molecule has 1 atom stereocenters. The highest BCUT2D eigenvalue weighted by atomic mass is 16.4. The smallest absolute Gasteiger partial charge is 0.233 e. The summed E-state index contributed by atoms with van der Waals surface area (Å²) in [7, 11) is 0. The highest BCUT2D eigenvalue weighted by molar-refractivity contribution is 6.06. The van der Waals surface area contributed by atoms with E-state index in [9.17, 15) is 4.79 Å². The number of hydrogen-bond acceptors (Lipinski definition) is 3.